The van der Waals surface area contributed by atoms with Crippen molar-refractivity contribution in [2.45, 2.75) is 13.5 Å². The number of hydrogen-bond acceptors (Lipinski definition) is 4. The molecule has 6 heteroatoms. The van der Waals surface area contributed by atoms with Crippen molar-refractivity contribution in [2.75, 3.05) is 19.8 Å². The minimum absolute atomic E-state index is 0.0430. The zero-order valence-electron chi connectivity index (χ0n) is 9.61. The second-order valence-corrected chi connectivity index (χ2v) is 3.84. The Hall–Kier alpha value is -1.17. The summed E-state index contributed by atoms with van der Waals surface area (Å²) in [4.78, 5) is 10.4. The van der Waals surface area contributed by atoms with Crippen molar-refractivity contribution >= 4 is 17.3 Å². The van der Waals surface area contributed by atoms with Crippen LogP contribution in [0.3, 0.4) is 0 Å². The van der Waals surface area contributed by atoms with Gasteiger partial charge in [0, 0.05) is 36.3 Å². The van der Waals surface area contributed by atoms with Crippen molar-refractivity contribution in [1.82, 2.24) is 5.32 Å². The van der Waals surface area contributed by atoms with E-state index in [1.165, 1.54) is 6.07 Å². The van der Waals surface area contributed by atoms with Gasteiger partial charge in [0.05, 0.1) is 11.5 Å². The van der Waals surface area contributed by atoms with Crippen LogP contribution in [-0.2, 0) is 11.3 Å². The molecule has 0 bridgehead atoms. The third-order valence-corrected chi connectivity index (χ3v) is 2.42. The number of nitrogens with one attached hydrogen (secondary N) is 1. The fraction of sp³-hybridized carbons (Fsp3) is 0.455. The van der Waals surface area contributed by atoms with Gasteiger partial charge in [0.25, 0.3) is 5.69 Å². The number of halogens is 1. The first-order valence-electron chi connectivity index (χ1n) is 5.36. The van der Waals surface area contributed by atoms with Crippen LogP contribution in [0.4, 0.5) is 5.69 Å². The lowest BCUT2D eigenvalue weighted by Crippen LogP contribution is -2.19. The molecule has 0 fully saturated rings. The Kier molecular flexibility index (Phi) is 5.90. The Morgan fingerprint density at radius 3 is 2.94 bits per heavy atom. The molecule has 5 nitrogen and oxygen atoms in total. The van der Waals surface area contributed by atoms with Crippen molar-refractivity contribution in [2.24, 2.45) is 0 Å². The minimum Gasteiger partial charge on any atom is -0.380 e. The first-order valence-corrected chi connectivity index (χ1v) is 5.74. The third kappa shape index (κ3) is 4.68. The second kappa shape index (κ2) is 7.21. The Morgan fingerprint density at radius 1 is 1.53 bits per heavy atom. The highest BCUT2D eigenvalue weighted by Gasteiger charge is 2.13. The van der Waals surface area contributed by atoms with Crippen LogP contribution in [0.1, 0.15) is 12.5 Å². The van der Waals surface area contributed by atoms with Gasteiger partial charge < -0.3 is 10.1 Å². The lowest BCUT2D eigenvalue weighted by Gasteiger charge is -2.06. The van der Waals surface area contributed by atoms with E-state index < -0.39 is 4.92 Å². The first kappa shape index (κ1) is 13.9. The molecule has 17 heavy (non-hydrogen) atoms. The number of rotatable bonds is 7. The molecule has 0 saturated heterocycles. The molecule has 0 heterocycles. The summed E-state index contributed by atoms with van der Waals surface area (Å²) >= 11 is 5.72. The largest absolute Gasteiger partial charge is 0.380 e. The monoisotopic (exact) mass is 258 g/mol. The third-order valence-electron chi connectivity index (χ3n) is 2.19. The maximum atomic E-state index is 10.8. The van der Waals surface area contributed by atoms with Gasteiger partial charge in [-0.05, 0) is 19.1 Å². The van der Waals surface area contributed by atoms with Crippen LogP contribution in [0.2, 0.25) is 5.02 Å². The number of benzene rings is 1. The van der Waals surface area contributed by atoms with Crippen molar-refractivity contribution in [3.63, 3.8) is 0 Å². The molecule has 1 rings (SSSR count). The van der Waals surface area contributed by atoms with Crippen molar-refractivity contribution in [3.05, 3.63) is 38.9 Å². The molecule has 0 unspecified atom stereocenters. The van der Waals surface area contributed by atoms with E-state index in [1.807, 2.05) is 6.92 Å². The maximum absolute atomic E-state index is 10.8. The number of hydrogen-bond donors (Lipinski definition) is 1. The molecule has 1 aromatic carbocycles. The quantitative estimate of drug-likeness (QED) is 0.463. The average Bonchev–Trinajstić information content (AvgIpc) is 2.30. The van der Waals surface area contributed by atoms with Gasteiger partial charge in [0.15, 0.2) is 0 Å². The predicted octanol–water partition coefficient (Wildman–Crippen LogP) is 2.37. The van der Waals surface area contributed by atoms with Crippen LogP contribution in [-0.4, -0.2) is 24.7 Å². The maximum Gasteiger partial charge on any atom is 0.275 e. The highest BCUT2D eigenvalue weighted by atomic mass is 35.5. The van der Waals surface area contributed by atoms with Crippen LogP contribution in [0.25, 0.3) is 0 Å². The van der Waals surface area contributed by atoms with E-state index in [0.717, 1.165) is 0 Å². The van der Waals surface area contributed by atoms with E-state index in [-0.39, 0.29) is 5.69 Å². The van der Waals surface area contributed by atoms with Gasteiger partial charge >= 0.3 is 0 Å². The van der Waals surface area contributed by atoms with Gasteiger partial charge in [-0.15, -0.1) is 0 Å². The average molecular weight is 259 g/mol. The molecule has 0 amide bonds. The van der Waals surface area contributed by atoms with E-state index in [1.54, 1.807) is 12.1 Å². The summed E-state index contributed by atoms with van der Waals surface area (Å²) in [7, 11) is 0. The molecule has 0 saturated carbocycles. The molecule has 94 valence electrons. The van der Waals surface area contributed by atoms with Gasteiger partial charge in [-0.3, -0.25) is 10.1 Å². The van der Waals surface area contributed by atoms with Gasteiger partial charge in [0.2, 0.25) is 0 Å². The van der Waals surface area contributed by atoms with Crippen molar-refractivity contribution in [1.29, 1.82) is 0 Å². The summed E-state index contributed by atoms with van der Waals surface area (Å²) in [5.41, 5.74) is 0.664. The van der Waals surface area contributed by atoms with Crippen LogP contribution >= 0.6 is 11.6 Å². The fourth-order valence-electron chi connectivity index (χ4n) is 1.37. The predicted molar refractivity (Wildman–Crippen MR) is 66.3 cm³/mol. The number of ether oxygens (including phenoxy) is 1. The number of nitro groups is 1. The SMILES string of the molecule is CCOCCNCc1ccc(Cl)cc1[N+](=O)[O-]. The van der Waals surface area contributed by atoms with E-state index in [2.05, 4.69) is 5.32 Å². The number of nitro benzene ring substituents is 1. The van der Waals surface area contributed by atoms with Gasteiger partial charge in [0.1, 0.15) is 0 Å². The van der Waals surface area contributed by atoms with Gasteiger partial charge in [-0.1, -0.05) is 11.6 Å². The lowest BCUT2D eigenvalue weighted by molar-refractivity contribution is -0.385. The molecule has 0 aliphatic heterocycles. The second-order valence-electron chi connectivity index (χ2n) is 3.40. The fourth-order valence-corrected chi connectivity index (χ4v) is 1.53. The van der Waals surface area contributed by atoms with Crippen molar-refractivity contribution < 1.29 is 9.66 Å². The molecule has 0 radical (unpaired) electrons. The van der Waals surface area contributed by atoms with E-state index in [4.69, 9.17) is 16.3 Å². The van der Waals surface area contributed by atoms with Crippen LogP contribution in [0.15, 0.2) is 18.2 Å². The first-order chi connectivity index (χ1) is 8.15. The molecule has 0 atom stereocenters. The number of nitrogens with zero attached hydrogens (tertiary/aromatic N) is 1. The smallest absolute Gasteiger partial charge is 0.275 e. The van der Waals surface area contributed by atoms with Gasteiger partial charge in [-0.2, -0.15) is 0 Å². The topological polar surface area (TPSA) is 64.4 Å². The summed E-state index contributed by atoms with van der Waals surface area (Å²) in [6.45, 7) is 4.28. The van der Waals surface area contributed by atoms with E-state index >= 15 is 0 Å². The molecular formula is C11H15ClN2O3. The zero-order chi connectivity index (χ0) is 12.7. The highest BCUT2D eigenvalue weighted by molar-refractivity contribution is 6.30. The standard InChI is InChI=1S/C11H15ClN2O3/c1-2-17-6-5-13-8-9-3-4-10(12)7-11(9)14(15)16/h3-4,7,13H,2,5-6,8H2,1H3. The molecule has 0 spiro atoms. The van der Waals surface area contributed by atoms with E-state index in [0.29, 0.717) is 36.9 Å². The molecule has 1 N–H and O–H groups in total. The van der Waals surface area contributed by atoms with E-state index in [9.17, 15) is 10.1 Å². The highest BCUT2D eigenvalue weighted by Crippen LogP contribution is 2.22. The molecule has 1 aromatic rings. The molecule has 0 aliphatic rings. The van der Waals surface area contributed by atoms with Crippen LogP contribution in [0.5, 0.6) is 0 Å². The molecular weight excluding hydrogens is 244 g/mol. The Bertz CT molecular complexity index is 385. The Morgan fingerprint density at radius 2 is 2.29 bits per heavy atom. The summed E-state index contributed by atoms with van der Waals surface area (Å²) in [5, 5.41) is 14.3. The summed E-state index contributed by atoms with van der Waals surface area (Å²) < 4.78 is 5.15. The zero-order valence-corrected chi connectivity index (χ0v) is 10.4. The van der Waals surface area contributed by atoms with Crippen molar-refractivity contribution in [3.8, 4) is 0 Å². The Labute approximate surface area is 105 Å². The van der Waals surface area contributed by atoms with Crippen LogP contribution < -0.4 is 5.32 Å². The molecule has 0 aromatic heterocycles. The molecule has 0 aliphatic carbocycles. The minimum atomic E-state index is -0.425. The Balaban J connectivity index is 2.55. The summed E-state index contributed by atoms with van der Waals surface area (Å²) in [6, 6.07) is 4.67. The summed E-state index contributed by atoms with van der Waals surface area (Å²) in [6.07, 6.45) is 0. The lowest BCUT2D eigenvalue weighted by atomic mass is 10.2. The summed E-state index contributed by atoms with van der Waals surface area (Å²) in [5.74, 6) is 0. The van der Waals surface area contributed by atoms with Crippen LogP contribution in [0, 0.1) is 10.1 Å². The normalized spacial score (nSPS) is 10.5. The van der Waals surface area contributed by atoms with Gasteiger partial charge in [-0.25, -0.2) is 0 Å².